The third-order valence-corrected chi connectivity index (χ3v) is 1.63. The zero-order valence-electron chi connectivity index (χ0n) is 7.00. The molecule has 2 N–H and O–H groups in total. The van der Waals surface area contributed by atoms with Gasteiger partial charge in [0.1, 0.15) is 11.5 Å². The number of rotatable bonds is 4. The first-order valence-corrected chi connectivity index (χ1v) is 4.01. The van der Waals surface area contributed by atoms with Crippen molar-refractivity contribution in [2.24, 2.45) is 0 Å². The molecule has 1 rings (SSSR count). The van der Waals surface area contributed by atoms with Crippen molar-refractivity contribution in [2.75, 3.05) is 0 Å². The Morgan fingerprint density at radius 1 is 1.75 bits per heavy atom. The molecule has 0 aromatic carbocycles. The van der Waals surface area contributed by atoms with Gasteiger partial charge < -0.3 is 10.1 Å². The molecule has 0 aliphatic carbocycles. The predicted octanol–water partition coefficient (Wildman–Crippen LogP) is 1.45. The number of nitrogens with one attached hydrogen (secondary N) is 1. The summed E-state index contributed by atoms with van der Waals surface area (Å²) in [5, 5.41) is 8.55. The fraction of sp³-hybridized carbons (Fsp3) is 0.500. The second-order valence-corrected chi connectivity index (χ2v) is 2.65. The average molecular weight is 168 g/mol. The topological polar surface area (TPSA) is 66.0 Å². The molecule has 0 unspecified atom stereocenters. The molecule has 1 heterocycles. The number of hydrogen-bond donors (Lipinski definition) is 2. The van der Waals surface area contributed by atoms with Gasteiger partial charge in [-0.2, -0.15) is 0 Å². The molecule has 4 nitrogen and oxygen atoms in total. The molecule has 1 aromatic rings. The molecule has 0 bridgehead atoms. The van der Waals surface area contributed by atoms with Gasteiger partial charge >= 0.3 is 5.97 Å². The van der Waals surface area contributed by atoms with Gasteiger partial charge in [0.25, 0.3) is 0 Å². The lowest BCUT2D eigenvalue weighted by Crippen LogP contribution is -1.96. The van der Waals surface area contributed by atoms with Gasteiger partial charge in [0.05, 0.1) is 6.20 Å². The first-order valence-electron chi connectivity index (χ1n) is 4.01. The zero-order valence-corrected chi connectivity index (χ0v) is 7.00. The van der Waals surface area contributed by atoms with Crippen LogP contribution in [-0.2, 0) is 6.42 Å². The largest absolute Gasteiger partial charge is 0.477 e. The van der Waals surface area contributed by atoms with E-state index >= 15 is 0 Å². The van der Waals surface area contributed by atoms with Crippen LogP contribution in [0.25, 0.3) is 0 Å². The van der Waals surface area contributed by atoms with E-state index in [4.69, 9.17) is 5.11 Å². The van der Waals surface area contributed by atoms with Crippen LogP contribution < -0.4 is 0 Å². The highest BCUT2D eigenvalue weighted by molar-refractivity contribution is 5.84. The van der Waals surface area contributed by atoms with E-state index in [-0.39, 0.29) is 5.69 Å². The van der Waals surface area contributed by atoms with Crippen LogP contribution in [0.1, 0.15) is 36.1 Å². The Labute approximate surface area is 70.6 Å². The molecule has 0 saturated heterocycles. The first kappa shape index (κ1) is 8.77. The van der Waals surface area contributed by atoms with E-state index in [1.165, 1.54) is 6.20 Å². The summed E-state index contributed by atoms with van der Waals surface area (Å²) >= 11 is 0. The van der Waals surface area contributed by atoms with Crippen molar-refractivity contribution in [3.8, 4) is 0 Å². The van der Waals surface area contributed by atoms with Crippen LogP contribution in [0, 0.1) is 0 Å². The van der Waals surface area contributed by atoms with Gasteiger partial charge in [-0.15, -0.1) is 0 Å². The minimum absolute atomic E-state index is 0.168. The number of hydrogen-bond acceptors (Lipinski definition) is 2. The fourth-order valence-corrected chi connectivity index (χ4v) is 0.942. The lowest BCUT2D eigenvalue weighted by atomic mass is 10.2. The highest BCUT2D eigenvalue weighted by Gasteiger charge is 2.05. The molecule has 0 saturated carbocycles. The third-order valence-electron chi connectivity index (χ3n) is 1.63. The van der Waals surface area contributed by atoms with Gasteiger partial charge in [0, 0.05) is 6.42 Å². The molecule has 12 heavy (non-hydrogen) atoms. The number of carbonyl (C=O) groups is 1. The Bertz CT molecular complexity index is 268. The van der Waals surface area contributed by atoms with Gasteiger partial charge in [-0.05, 0) is 6.42 Å². The number of aromatic nitrogens is 2. The first-order chi connectivity index (χ1) is 5.74. The molecule has 66 valence electrons. The van der Waals surface area contributed by atoms with Crippen molar-refractivity contribution in [1.29, 1.82) is 0 Å². The van der Waals surface area contributed by atoms with Crippen LogP contribution in [-0.4, -0.2) is 21.0 Å². The number of aryl methyl sites for hydroxylation is 1. The lowest BCUT2D eigenvalue weighted by Gasteiger charge is -1.91. The molecule has 0 radical (unpaired) electrons. The lowest BCUT2D eigenvalue weighted by molar-refractivity contribution is 0.0691. The Morgan fingerprint density at radius 3 is 3.00 bits per heavy atom. The van der Waals surface area contributed by atoms with E-state index in [0.29, 0.717) is 0 Å². The second kappa shape index (κ2) is 3.90. The van der Waals surface area contributed by atoms with Crippen LogP contribution in [0.3, 0.4) is 0 Å². The third kappa shape index (κ3) is 2.08. The van der Waals surface area contributed by atoms with Crippen molar-refractivity contribution in [3.05, 3.63) is 17.7 Å². The van der Waals surface area contributed by atoms with Crippen LogP contribution in [0.15, 0.2) is 6.20 Å². The normalized spacial score (nSPS) is 10.1. The van der Waals surface area contributed by atoms with Crippen molar-refractivity contribution in [3.63, 3.8) is 0 Å². The van der Waals surface area contributed by atoms with Crippen LogP contribution >= 0.6 is 0 Å². The summed E-state index contributed by atoms with van der Waals surface area (Å²) in [6, 6.07) is 0. The van der Waals surface area contributed by atoms with Crippen LogP contribution in [0.2, 0.25) is 0 Å². The molecule has 0 atom stereocenters. The maximum absolute atomic E-state index is 10.4. The van der Waals surface area contributed by atoms with Crippen molar-refractivity contribution in [1.82, 2.24) is 9.97 Å². The summed E-state index contributed by atoms with van der Waals surface area (Å²) in [5.41, 5.74) is 0.168. The molecule has 0 amide bonds. The van der Waals surface area contributed by atoms with E-state index in [1.54, 1.807) is 0 Å². The Balaban J connectivity index is 2.58. The van der Waals surface area contributed by atoms with Gasteiger partial charge in [-0.1, -0.05) is 13.3 Å². The van der Waals surface area contributed by atoms with E-state index in [1.807, 2.05) is 0 Å². The van der Waals surface area contributed by atoms with E-state index in [9.17, 15) is 4.79 Å². The maximum atomic E-state index is 10.4. The molecule has 0 aliphatic heterocycles. The minimum Gasteiger partial charge on any atom is -0.477 e. The van der Waals surface area contributed by atoms with Crippen LogP contribution in [0.4, 0.5) is 0 Å². The zero-order chi connectivity index (χ0) is 8.97. The summed E-state index contributed by atoms with van der Waals surface area (Å²) < 4.78 is 0. The van der Waals surface area contributed by atoms with Gasteiger partial charge in [0.15, 0.2) is 0 Å². The summed E-state index contributed by atoms with van der Waals surface area (Å²) in [4.78, 5) is 17.1. The Morgan fingerprint density at radius 2 is 2.50 bits per heavy atom. The highest BCUT2D eigenvalue weighted by atomic mass is 16.4. The van der Waals surface area contributed by atoms with Crippen molar-refractivity contribution >= 4 is 5.97 Å². The molecular weight excluding hydrogens is 156 g/mol. The fourth-order valence-electron chi connectivity index (χ4n) is 0.942. The standard InChI is InChI=1S/C8H12N2O2/c1-2-3-4-7-9-5-6(10-7)8(11)12/h5H,2-4H2,1H3,(H,9,10)(H,11,12). The molecule has 0 spiro atoms. The Kier molecular flexibility index (Phi) is 2.85. The smallest absolute Gasteiger partial charge is 0.353 e. The summed E-state index contributed by atoms with van der Waals surface area (Å²) in [7, 11) is 0. The number of carboxylic acids is 1. The monoisotopic (exact) mass is 168 g/mol. The number of aromatic amines is 1. The van der Waals surface area contributed by atoms with Gasteiger partial charge in [-0.25, -0.2) is 9.78 Å². The number of nitrogens with zero attached hydrogens (tertiary/aromatic N) is 1. The second-order valence-electron chi connectivity index (χ2n) is 2.65. The van der Waals surface area contributed by atoms with Crippen molar-refractivity contribution < 1.29 is 9.90 Å². The summed E-state index contributed by atoms with van der Waals surface area (Å²) in [5.74, 6) is -0.195. The van der Waals surface area contributed by atoms with E-state index in [2.05, 4.69) is 16.9 Å². The number of imidazole rings is 1. The quantitative estimate of drug-likeness (QED) is 0.715. The average Bonchev–Trinajstić information content (AvgIpc) is 2.48. The number of H-pyrrole nitrogens is 1. The van der Waals surface area contributed by atoms with Gasteiger partial charge in [0.2, 0.25) is 0 Å². The van der Waals surface area contributed by atoms with Crippen molar-refractivity contribution in [2.45, 2.75) is 26.2 Å². The molecule has 0 aliphatic rings. The predicted molar refractivity (Wildman–Crippen MR) is 44.2 cm³/mol. The maximum Gasteiger partial charge on any atom is 0.353 e. The molecule has 4 heteroatoms. The van der Waals surface area contributed by atoms with E-state index in [0.717, 1.165) is 25.1 Å². The number of unbranched alkanes of at least 4 members (excludes halogenated alkanes) is 1. The highest BCUT2D eigenvalue weighted by Crippen LogP contribution is 2.01. The SMILES string of the molecule is CCCCc1ncc(C(=O)O)[nH]1. The molecular formula is C8H12N2O2. The summed E-state index contributed by atoms with van der Waals surface area (Å²) in [6.07, 6.45) is 4.30. The Hall–Kier alpha value is -1.32. The molecule has 0 fully saturated rings. The van der Waals surface area contributed by atoms with Gasteiger partial charge in [-0.3, -0.25) is 0 Å². The molecule has 1 aromatic heterocycles. The number of aromatic carboxylic acids is 1. The minimum atomic E-state index is -0.953. The van der Waals surface area contributed by atoms with Crippen LogP contribution in [0.5, 0.6) is 0 Å². The van der Waals surface area contributed by atoms with E-state index < -0.39 is 5.97 Å². The number of carboxylic acid groups (broad SMARTS) is 1. The summed E-state index contributed by atoms with van der Waals surface area (Å²) in [6.45, 7) is 2.08.